The highest BCUT2D eigenvalue weighted by molar-refractivity contribution is 6.30. The van der Waals surface area contributed by atoms with Crippen molar-refractivity contribution in [3.05, 3.63) is 28.3 Å². The Hall–Kier alpha value is -0.400. The summed E-state index contributed by atoms with van der Waals surface area (Å²) in [6.07, 6.45) is 7.48. The predicted molar refractivity (Wildman–Crippen MR) is 83.0 cm³/mol. The van der Waals surface area contributed by atoms with Crippen LogP contribution in [0.3, 0.4) is 0 Å². The first kappa shape index (κ1) is 13.3. The minimum atomic E-state index is 0.287. The van der Waals surface area contributed by atoms with E-state index in [-0.39, 0.29) is 5.41 Å². The summed E-state index contributed by atoms with van der Waals surface area (Å²) in [5.41, 5.74) is 2.85. The summed E-state index contributed by atoms with van der Waals surface area (Å²) in [5.74, 6) is 3.59. The molecule has 3 atom stereocenters. The van der Waals surface area contributed by atoms with Crippen molar-refractivity contribution in [2.75, 3.05) is 12.5 Å². The molecule has 0 spiro atoms. The lowest BCUT2D eigenvalue weighted by molar-refractivity contribution is 0.191. The van der Waals surface area contributed by atoms with Gasteiger partial charge in [-0.25, -0.2) is 0 Å². The van der Waals surface area contributed by atoms with E-state index in [4.69, 9.17) is 27.9 Å². The minimum absolute atomic E-state index is 0.287. The van der Waals surface area contributed by atoms with Crippen LogP contribution in [0, 0.1) is 17.3 Å². The molecule has 1 aromatic carbocycles. The summed E-state index contributed by atoms with van der Waals surface area (Å²) < 4.78 is 5.86. The third kappa shape index (κ3) is 1.97. The van der Waals surface area contributed by atoms with Crippen LogP contribution in [0.1, 0.15) is 36.8 Å². The Balaban J connectivity index is 1.69. The molecule has 0 N–H and O–H groups in total. The molecule has 2 bridgehead atoms. The van der Waals surface area contributed by atoms with Crippen molar-refractivity contribution < 1.29 is 4.74 Å². The molecular weight excluding hydrogens is 291 g/mol. The monoisotopic (exact) mass is 310 g/mol. The number of benzene rings is 1. The first-order valence-corrected chi connectivity index (χ1v) is 8.61. The van der Waals surface area contributed by atoms with Crippen molar-refractivity contribution in [2.45, 2.75) is 38.5 Å². The van der Waals surface area contributed by atoms with Crippen molar-refractivity contribution in [1.29, 1.82) is 0 Å². The van der Waals surface area contributed by atoms with E-state index in [1.165, 1.54) is 36.8 Å². The fraction of sp³-hybridized carbons (Fsp3) is 0.647. The van der Waals surface area contributed by atoms with Crippen LogP contribution < -0.4 is 4.74 Å². The SMILES string of the molecule is ClCC1(Cc2cc(Cl)cc3c2OCC3)CC2CCC1C2. The Labute approximate surface area is 130 Å². The van der Waals surface area contributed by atoms with E-state index in [1.807, 2.05) is 0 Å². The van der Waals surface area contributed by atoms with Crippen LogP contribution in [0.25, 0.3) is 0 Å². The molecule has 2 fully saturated rings. The molecule has 1 aromatic rings. The van der Waals surface area contributed by atoms with Gasteiger partial charge in [0.2, 0.25) is 0 Å². The first-order valence-electron chi connectivity index (χ1n) is 7.70. The Bertz CT molecular complexity index is 542. The zero-order valence-corrected chi connectivity index (χ0v) is 13.1. The molecule has 1 nitrogen and oxygen atoms in total. The van der Waals surface area contributed by atoms with Crippen molar-refractivity contribution in [3.8, 4) is 5.75 Å². The topological polar surface area (TPSA) is 9.23 Å². The minimum Gasteiger partial charge on any atom is -0.493 e. The Morgan fingerprint density at radius 1 is 1.30 bits per heavy atom. The zero-order chi connectivity index (χ0) is 13.7. The molecule has 20 heavy (non-hydrogen) atoms. The van der Waals surface area contributed by atoms with Gasteiger partial charge in [0, 0.05) is 17.3 Å². The second-order valence-electron chi connectivity index (χ2n) is 6.90. The Kier molecular flexibility index (Phi) is 3.19. The van der Waals surface area contributed by atoms with E-state index in [9.17, 15) is 0 Å². The third-order valence-corrected chi connectivity index (χ3v) is 6.49. The van der Waals surface area contributed by atoms with Gasteiger partial charge in [-0.2, -0.15) is 0 Å². The fourth-order valence-corrected chi connectivity index (χ4v) is 5.53. The number of ether oxygens (including phenoxy) is 1. The summed E-state index contributed by atoms with van der Waals surface area (Å²) in [5, 5.41) is 0.845. The highest BCUT2D eigenvalue weighted by Crippen LogP contribution is 2.58. The first-order chi connectivity index (χ1) is 9.70. The van der Waals surface area contributed by atoms with Gasteiger partial charge in [-0.1, -0.05) is 18.0 Å². The number of hydrogen-bond donors (Lipinski definition) is 0. The van der Waals surface area contributed by atoms with Gasteiger partial charge >= 0.3 is 0 Å². The van der Waals surface area contributed by atoms with Gasteiger partial charge < -0.3 is 4.74 Å². The Morgan fingerprint density at radius 2 is 2.20 bits per heavy atom. The largest absolute Gasteiger partial charge is 0.493 e. The van der Waals surface area contributed by atoms with Gasteiger partial charge in [0.1, 0.15) is 5.75 Å². The molecule has 3 heteroatoms. The van der Waals surface area contributed by atoms with E-state index in [1.54, 1.807) is 0 Å². The molecule has 4 rings (SSSR count). The van der Waals surface area contributed by atoms with Gasteiger partial charge in [0.05, 0.1) is 6.61 Å². The molecule has 108 valence electrons. The second-order valence-corrected chi connectivity index (χ2v) is 7.61. The molecule has 2 aliphatic carbocycles. The smallest absolute Gasteiger partial charge is 0.125 e. The van der Waals surface area contributed by atoms with Crippen LogP contribution in [0.5, 0.6) is 5.75 Å². The van der Waals surface area contributed by atoms with Crippen molar-refractivity contribution >= 4 is 23.2 Å². The molecular formula is C17H20Cl2O. The lowest BCUT2D eigenvalue weighted by atomic mass is 9.70. The lowest BCUT2D eigenvalue weighted by Crippen LogP contribution is -2.32. The van der Waals surface area contributed by atoms with E-state index in [2.05, 4.69) is 12.1 Å². The zero-order valence-electron chi connectivity index (χ0n) is 11.6. The van der Waals surface area contributed by atoms with Gasteiger partial charge in [-0.3, -0.25) is 0 Å². The maximum absolute atomic E-state index is 6.43. The maximum atomic E-state index is 6.43. The van der Waals surface area contributed by atoms with Gasteiger partial charge in [0.15, 0.2) is 0 Å². The summed E-state index contributed by atoms with van der Waals surface area (Å²) in [6.45, 7) is 0.794. The average molecular weight is 311 g/mol. The highest BCUT2D eigenvalue weighted by atomic mass is 35.5. The summed E-state index contributed by atoms with van der Waals surface area (Å²) >= 11 is 12.7. The van der Waals surface area contributed by atoms with Crippen LogP contribution in [0.2, 0.25) is 5.02 Å². The van der Waals surface area contributed by atoms with E-state index >= 15 is 0 Å². The van der Waals surface area contributed by atoms with Crippen molar-refractivity contribution in [2.24, 2.45) is 17.3 Å². The van der Waals surface area contributed by atoms with Crippen LogP contribution in [0.15, 0.2) is 12.1 Å². The van der Waals surface area contributed by atoms with E-state index < -0.39 is 0 Å². The number of halogens is 2. The molecule has 1 aliphatic heterocycles. The average Bonchev–Trinajstić information content (AvgIpc) is 3.12. The molecule has 3 aliphatic rings. The maximum Gasteiger partial charge on any atom is 0.125 e. The summed E-state index contributed by atoms with van der Waals surface area (Å²) in [7, 11) is 0. The standard InChI is InChI=1S/C17H20Cl2O/c18-10-17(8-11-1-2-14(17)5-11)9-13-7-15(19)6-12-3-4-20-16(12)13/h6-7,11,14H,1-5,8-10H2. The summed E-state index contributed by atoms with van der Waals surface area (Å²) in [4.78, 5) is 0. The fourth-order valence-electron chi connectivity index (χ4n) is 4.84. The number of fused-ring (bicyclic) bond motifs is 3. The number of alkyl halides is 1. The van der Waals surface area contributed by atoms with E-state index in [0.717, 1.165) is 47.9 Å². The van der Waals surface area contributed by atoms with Crippen LogP contribution in [-0.4, -0.2) is 12.5 Å². The third-order valence-electron chi connectivity index (χ3n) is 5.74. The lowest BCUT2D eigenvalue weighted by Gasteiger charge is -2.36. The van der Waals surface area contributed by atoms with E-state index in [0.29, 0.717) is 0 Å². The highest BCUT2D eigenvalue weighted by Gasteiger charge is 2.50. The van der Waals surface area contributed by atoms with Crippen molar-refractivity contribution in [3.63, 3.8) is 0 Å². The molecule has 2 saturated carbocycles. The normalized spacial score (nSPS) is 34.3. The van der Waals surface area contributed by atoms with Crippen LogP contribution in [-0.2, 0) is 12.8 Å². The van der Waals surface area contributed by atoms with Crippen molar-refractivity contribution in [1.82, 2.24) is 0 Å². The number of hydrogen-bond acceptors (Lipinski definition) is 1. The second kappa shape index (κ2) is 4.81. The quantitative estimate of drug-likeness (QED) is 0.724. The molecule has 0 aromatic heterocycles. The Morgan fingerprint density at radius 3 is 2.90 bits per heavy atom. The van der Waals surface area contributed by atoms with Gasteiger partial charge in [-0.15, -0.1) is 11.6 Å². The summed E-state index contributed by atoms with van der Waals surface area (Å²) in [6, 6.07) is 4.16. The molecule has 3 unspecified atom stereocenters. The van der Waals surface area contributed by atoms with Gasteiger partial charge in [-0.05, 0) is 66.2 Å². The molecule has 0 radical (unpaired) electrons. The van der Waals surface area contributed by atoms with Crippen LogP contribution in [0.4, 0.5) is 0 Å². The number of rotatable bonds is 3. The molecule has 0 amide bonds. The van der Waals surface area contributed by atoms with Crippen LogP contribution >= 0.6 is 23.2 Å². The predicted octanol–water partition coefficient (Wildman–Crippen LogP) is 4.86. The van der Waals surface area contributed by atoms with Gasteiger partial charge in [0.25, 0.3) is 0 Å². The molecule has 1 heterocycles. The molecule has 0 saturated heterocycles.